The van der Waals surface area contributed by atoms with Crippen molar-refractivity contribution in [2.75, 3.05) is 24.5 Å². The van der Waals surface area contributed by atoms with E-state index in [2.05, 4.69) is 20.2 Å². The van der Waals surface area contributed by atoms with Gasteiger partial charge in [-0.3, -0.25) is 0 Å². The van der Waals surface area contributed by atoms with Crippen LogP contribution in [0.2, 0.25) is 0 Å². The number of anilines is 1. The number of hydrogen-bond donors (Lipinski definition) is 1. The highest BCUT2D eigenvalue weighted by molar-refractivity contribution is 5.37. The molecule has 4 heteroatoms. The molecule has 1 unspecified atom stereocenters. The number of piperidine rings is 1. The van der Waals surface area contributed by atoms with Gasteiger partial charge in [-0.1, -0.05) is 0 Å². The molecule has 0 amide bonds. The van der Waals surface area contributed by atoms with E-state index in [-0.39, 0.29) is 0 Å². The first-order valence-corrected chi connectivity index (χ1v) is 7.11. The first kappa shape index (κ1) is 11.9. The third kappa shape index (κ3) is 2.48. The topological polar surface area (TPSA) is 41.1 Å². The summed E-state index contributed by atoms with van der Waals surface area (Å²) in [6, 6.07) is 2.81. The zero-order valence-electron chi connectivity index (χ0n) is 11.1. The second kappa shape index (κ2) is 5.22. The summed E-state index contributed by atoms with van der Waals surface area (Å²) < 4.78 is 0. The predicted octanol–water partition coefficient (Wildman–Crippen LogP) is 1.75. The molecule has 0 aromatic carbocycles. The van der Waals surface area contributed by atoms with Gasteiger partial charge in [0.2, 0.25) is 0 Å². The highest BCUT2D eigenvalue weighted by Gasteiger charge is 2.28. The van der Waals surface area contributed by atoms with Crippen molar-refractivity contribution in [2.24, 2.45) is 5.92 Å². The van der Waals surface area contributed by atoms with Crippen LogP contribution in [0.4, 0.5) is 5.82 Å². The van der Waals surface area contributed by atoms with Crippen molar-refractivity contribution in [3.05, 3.63) is 18.1 Å². The van der Waals surface area contributed by atoms with Crippen LogP contribution in [0, 0.1) is 12.8 Å². The maximum absolute atomic E-state index is 4.52. The summed E-state index contributed by atoms with van der Waals surface area (Å²) in [5, 5.41) is 3.65. The first-order chi connectivity index (χ1) is 8.83. The largest absolute Gasteiger partial charge is 0.356 e. The molecule has 2 aliphatic rings. The molecule has 0 spiro atoms. The zero-order chi connectivity index (χ0) is 12.4. The number of nitrogens with zero attached hydrogens (tertiary/aromatic N) is 3. The standard InChI is InChI=1S/C14H22N4/c1-11-15-8-4-14(17-11)18-9-5-12(6-10-18)13-3-2-7-16-13/h4,8,12-13,16H,2-3,5-7,9-10H2,1H3. The van der Waals surface area contributed by atoms with Crippen molar-refractivity contribution in [3.8, 4) is 0 Å². The average Bonchev–Trinajstić information content (AvgIpc) is 2.93. The second-order valence-electron chi connectivity index (χ2n) is 5.49. The molecule has 0 saturated carbocycles. The minimum absolute atomic E-state index is 0.777. The lowest BCUT2D eigenvalue weighted by atomic mass is 9.88. The van der Waals surface area contributed by atoms with Crippen LogP contribution < -0.4 is 10.2 Å². The van der Waals surface area contributed by atoms with Gasteiger partial charge in [-0.05, 0) is 51.1 Å². The SMILES string of the molecule is Cc1nccc(N2CCC(C3CCCN3)CC2)n1. The maximum Gasteiger partial charge on any atom is 0.132 e. The van der Waals surface area contributed by atoms with Gasteiger partial charge in [0.1, 0.15) is 11.6 Å². The molecule has 1 atom stereocenters. The Kier molecular flexibility index (Phi) is 3.46. The Morgan fingerprint density at radius 3 is 2.78 bits per heavy atom. The summed E-state index contributed by atoms with van der Waals surface area (Å²) in [4.78, 5) is 11.1. The Morgan fingerprint density at radius 1 is 1.28 bits per heavy atom. The van der Waals surface area contributed by atoms with Crippen molar-refractivity contribution in [2.45, 2.75) is 38.6 Å². The number of hydrogen-bond acceptors (Lipinski definition) is 4. The molecule has 4 nitrogen and oxygen atoms in total. The summed E-state index contributed by atoms with van der Waals surface area (Å²) in [6.45, 7) is 5.45. The third-order valence-electron chi connectivity index (χ3n) is 4.29. The Labute approximate surface area is 109 Å². The summed E-state index contributed by atoms with van der Waals surface area (Å²) in [5.74, 6) is 2.83. The lowest BCUT2D eigenvalue weighted by Crippen LogP contribution is -2.41. The lowest BCUT2D eigenvalue weighted by Gasteiger charge is -2.35. The Balaban J connectivity index is 1.59. The van der Waals surface area contributed by atoms with Gasteiger partial charge in [0.05, 0.1) is 0 Å². The van der Waals surface area contributed by atoms with Crippen molar-refractivity contribution < 1.29 is 0 Å². The van der Waals surface area contributed by atoms with E-state index >= 15 is 0 Å². The van der Waals surface area contributed by atoms with Crippen LogP contribution in [-0.2, 0) is 0 Å². The van der Waals surface area contributed by atoms with Crippen LogP contribution in [0.1, 0.15) is 31.5 Å². The number of nitrogens with one attached hydrogen (secondary N) is 1. The minimum atomic E-state index is 0.777. The normalized spacial score (nSPS) is 25.6. The van der Waals surface area contributed by atoms with E-state index in [9.17, 15) is 0 Å². The fraction of sp³-hybridized carbons (Fsp3) is 0.714. The van der Waals surface area contributed by atoms with Crippen LogP contribution in [0.3, 0.4) is 0 Å². The average molecular weight is 246 g/mol. The molecule has 2 aliphatic heterocycles. The summed E-state index contributed by atoms with van der Waals surface area (Å²) >= 11 is 0. The van der Waals surface area contributed by atoms with Crippen molar-refractivity contribution >= 4 is 5.82 Å². The summed E-state index contributed by atoms with van der Waals surface area (Å²) in [6.07, 6.45) is 7.18. The molecule has 1 N–H and O–H groups in total. The molecule has 98 valence electrons. The maximum atomic E-state index is 4.52. The van der Waals surface area contributed by atoms with Crippen LogP contribution >= 0.6 is 0 Å². The van der Waals surface area contributed by atoms with E-state index < -0.39 is 0 Å². The lowest BCUT2D eigenvalue weighted by molar-refractivity contribution is 0.318. The molecule has 0 bridgehead atoms. The van der Waals surface area contributed by atoms with E-state index in [0.29, 0.717) is 0 Å². The van der Waals surface area contributed by atoms with Crippen molar-refractivity contribution in [1.29, 1.82) is 0 Å². The quantitative estimate of drug-likeness (QED) is 0.863. The van der Waals surface area contributed by atoms with E-state index in [4.69, 9.17) is 0 Å². The predicted molar refractivity (Wildman–Crippen MR) is 72.7 cm³/mol. The van der Waals surface area contributed by atoms with Gasteiger partial charge in [-0.15, -0.1) is 0 Å². The van der Waals surface area contributed by atoms with Crippen LogP contribution in [0.15, 0.2) is 12.3 Å². The van der Waals surface area contributed by atoms with Crippen LogP contribution in [-0.4, -0.2) is 35.6 Å². The first-order valence-electron chi connectivity index (χ1n) is 7.11. The monoisotopic (exact) mass is 246 g/mol. The van der Waals surface area contributed by atoms with Gasteiger partial charge in [0.25, 0.3) is 0 Å². The molecular weight excluding hydrogens is 224 g/mol. The Hall–Kier alpha value is -1.16. The second-order valence-corrected chi connectivity index (χ2v) is 5.49. The highest BCUT2D eigenvalue weighted by Crippen LogP contribution is 2.27. The third-order valence-corrected chi connectivity index (χ3v) is 4.29. The molecule has 2 fully saturated rings. The number of rotatable bonds is 2. The van der Waals surface area contributed by atoms with E-state index in [0.717, 1.165) is 36.7 Å². The van der Waals surface area contributed by atoms with Crippen molar-refractivity contribution in [3.63, 3.8) is 0 Å². The van der Waals surface area contributed by atoms with Gasteiger partial charge in [-0.2, -0.15) is 0 Å². The summed E-state index contributed by atoms with van der Waals surface area (Å²) in [7, 11) is 0. The smallest absolute Gasteiger partial charge is 0.132 e. The van der Waals surface area contributed by atoms with Crippen LogP contribution in [0.25, 0.3) is 0 Å². The molecule has 2 saturated heterocycles. The van der Waals surface area contributed by atoms with Gasteiger partial charge >= 0.3 is 0 Å². The van der Waals surface area contributed by atoms with Crippen LogP contribution in [0.5, 0.6) is 0 Å². The molecule has 18 heavy (non-hydrogen) atoms. The summed E-state index contributed by atoms with van der Waals surface area (Å²) in [5.41, 5.74) is 0. The molecule has 0 radical (unpaired) electrons. The molecule has 0 aliphatic carbocycles. The number of aromatic nitrogens is 2. The zero-order valence-corrected chi connectivity index (χ0v) is 11.1. The van der Waals surface area contributed by atoms with Gasteiger partial charge < -0.3 is 10.2 Å². The molecule has 3 heterocycles. The minimum Gasteiger partial charge on any atom is -0.356 e. The van der Waals surface area contributed by atoms with Gasteiger partial charge in [0, 0.05) is 25.3 Å². The van der Waals surface area contributed by atoms with Gasteiger partial charge in [-0.25, -0.2) is 9.97 Å². The Bertz CT molecular complexity index is 393. The number of aryl methyl sites for hydroxylation is 1. The van der Waals surface area contributed by atoms with E-state index in [1.165, 1.54) is 32.2 Å². The van der Waals surface area contributed by atoms with E-state index in [1.807, 2.05) is 19.2 Å². The van der Waals surface area contributed by atoms with E-state index in [1.54, 1.807) is 0 Å². The van der Waals surface area contributed by atoms with Crippen molar-refractivity contribution in [1.82, 2.24) is 15.3 Å². The Morgan fingerprint density at radius 2 is 2.11 bits per heavy atom. The van der Waals surface area contributed by atoms with Gasteiger partial charge in [0.15, 0.2) is 0 Å². The fourth-order valence-electron chi connectivity index (χ4n) is 3.26. The molecule has 1 aromatic heterocycles. The molecule has 1 aromatic rings. The highest BCUT2D eigenvalue weighted by atomic mass is 15.2. The fourth-order valence-corrected chi connectivity index (χ4v) is 3.26. The molecule has 3 rings (SSSR count). The molecular formula is C14H22N4.